The fourth-order valence-electron chi connectivity index (χ4n) is 2.59. The van der Waals surface area contributed by atoms with Crippen molar-refractivity contribution in [3.63, 3.8) is 0 Å². The average molecular weight is 305 g/mol. The second kappa shape index (κ2) is 7.76. The summed E-state index contributed by atoms with van der Waals surface area (Å²) >= 11 is 0. The van der Waals surface area contributed by atoms with Crippen LogP contribution in [0.25, 0.3) is 0 Å². The van der Waals surface area contributed by atoms with Crippen LogP contribution in [0.1, 0.15) is 59.8 Å². The monoisotopic (exact) mass is 304 g/mol. The molecule has 0 saturated carbocycles. The minimum absolute atomic E-state index is 0.301. The Balaban J connectivity index is 2.31. The van der Waals surface area contributed by atoms with Crippen molar-refractivity contribution in [1.82, 2.24) is 9.62 Å². The van der Waals surface area contributed by atoms with Crippen LogP contribution in [-0.2, 0) is 10.0 Å². The number of piperidine rings is 1. The van der Waals surface area contributed by atoms with Crippen LogP contribution in [0.4, 0.5) is 0 Å². The Labute approximate surface area is 125 Å². The van der Waals surface area contributed by atoms with E-state index in [1.807, 2.05) is 0 Å². The summed E-state index contributed by atoms with van der Waals surface area (Å²) in [4.78, 5) is 0. The molecule has 4 nitrogen and oxygen atoms in total. The highest BCUT2D eigenvalue weighted by Crippen LogP contribution is 2.34. The standard InChI is InChI=1S/C15H32N2O2S/c1-5-15(4)8-11-17(12-9-15)20(18,19)13-7-6-10-16-14(2)3/h14,16H,5-13H2,1-4H3. The van der Waals surface area contributed by atoms with Crippen LogP contribution in [0.15, 0.2) is 0 Å². The molecule has 20 heavy (non-hydrogen) atoms. The zero-order valence-corrected chi connectivity index (χ0v) is 14.4. The number of hydrogen-bond acceptors (Lipinski definition) is 3. The van der Waals surface area contributed by atoms with E-state index in [-0.39, 0.29) is 0 Å². The van der Waals surface area contributed by atoms with Gasteiger partial charge in [0.25, 0.3) is 0 Å². The molecule has 1 aliphatic rings. The highest BCUT2D eigenvalue weighted by molar-refractivity contribution is 7.89. The van der Waals surface area contributed by atoms with E-state index in [1.165, 1.54) is 0 Å². The molecule has 0 aromatic carbocycles. The maximum Gasteiger partial charge on any atom is 0.214 e. The Morgan fingerprint density at radius 2 is 1.80 bits per heavy atom. The molecule has 1 aliphatic heterocycles. The van der Waals surface area contributed by atoms with Gasteiger partial charge in [-0.25, -0.2) is 12.7 Å². The molecule has 1 heterocycles. The molecule has 1 saturated heterocycles. The molecule has 1 fully saturated rings. The lowest BCUT2D eigenvalue weighted by atomic mass is 9.79. The van der Waals surface area contributed by atoms with Crippen LogP contribution in [-0.4, -0.2) is 44.2 Å². The van der Waals surface area contributed by atoms with Crippen molar-refractivity contribution in [1.29, 1.82) is 0 Å². The topological polar surface area (TPSA) is 49.4 Å². The minimum Gasteiger partial charge on any atom is -0.315 e. The molecule has 0 spiro atoms. The number of unbranched alkanes of at least 4 members (excludes halogenated alkanes) is 1. The van der Waals surface area contributed by atoms with Crippen LogP contribution < -0.4 is 5.32 Å². The van der Waals surface area contributed by atoms with Gasteiger partial charge in [0.15, 0.2) is 0 Å². The summed E-state index contributed by atoms with van der Waals surface area (Å²) in [5, 5.41) is 3.32. The molecule has 0 radical (unpaired) electrons. The van der Waals surface area contributed by atoms with Crippen molar-refractivity contribution in [2.45, 2.75) is 65.8 Å². The van der Waals surface area contributed by atoms with Crippen molar-refractivity contribution in [3.8, 4) is 0 Å². The molecule has 5 heteroatoms. The molecule has 0 atom stereocenters. The van der Waals surface area contributed by atoms with Crippen molar-refractivity contribution in [2.75, 3.05) is 25.4 Å². The Hall–Kier alpha value is -0.130. The SMILES string of the molecule is CCC1(C)CCN(S(=O)(=O)CCCCNC(C)C)CC1. The normalized spacial score (nSPS) is 20.4. The van der Waals surface area contributed by atoms with Crippen LogP contribution in [0, 0.1) is 5.41 Å². The summed E-state index contributed by atoms with van der Waals surface area (Å²) in [6.07, 6.45) is 4.82. The van der Waals surface area contributed by atoms with E-state index in [2.05, 4.69) is 33.0 Å². The maximum absolute atomic E-state index is 12.3. The van der Waals surface area contributed by atoms with E-state index in [0.717, 1.165) is 38.6 Å². The first-order valence-corrected chi connectivity index (χ1v) is 9.61. The van der Waals surface area contributed by atoms with Crippen molar-refractivity contribution >= 4 is 10.0 Å². The lowest BCUT2D eigenvalue weighted by molar-refractivity contribution is 0.169. The second-order valence-electron chi connectivity index (χ2n) is 6.70. The van der Waals surface area contributed by atoms with Crippen molar-refractivity contribution in [2.24, 2.45) is 5.41 Å². The van der Waals surface area contributed by atoms with E-state index in [0.29, 0.717) is 30.3 Å². The number of hydrogen-bond donors (Lipinski definition) is 1. The summed E-state index contributed by atoms with van der Waals surface area (Å²) in [6.45, 7) is 11.0. The van der Waals surface area contributed by atoms with E-state index in [4.69, 9.17) is 0 Å². The number of nitrogens with zero attached hydrogens (tertiary/aromatic N) is 1. The molecular weight excluding hydrogens is 272 g/mol. The van der Waals surface area contributed by atoms with E-state index < -0.39 is 10.0 Å². The highest BCUT2D eigenvalue weighted by atomic mass is 32.2. The first-order chi connectivity index (χ1) is 9.29. The van der Waals surface area contributed by atoms with Gasteiger partial charge < -0.3 is 5.32 Å². The van der Waals surface area contributed by atoms with Crippen molar-refractivity contribution < 1.29 is 8.42 Å². The zero-order valence-electron chi connectivity index (χ0n) is 13.6. The van der Waals surface area contributed by atoms with Gasteiger partial charge in [0, 0.05) is 19.1 Å². The molecular formula is C15H32N2O2S. The molecule has 0 aliphatic carbocycles. The molecule has 0 aromatic heterocycles. The van der Waals surface area contributed by atoms with Crippen molar-refractivity contribution in [3.05, 3.63) is 0 Å². The molecule has 0 aromatic rings. The fraction of sp³-hybridized carbons (Fsp3) is 1.00. The van der Waals surface area contributed by atoms with Gasteiger partial charge in [0.05, 0.1) is 5.75 Å². The van der Waals surface area contributed by atoms with Gasteiger partial charge in [-0.1, -0.05) is 34.1 Å². The van der Waals surface area contributed by atoms with Crippen LogP contribution in [0.5, 0.6) is 0 Å². The van der Waals surface area contributed by atoms with Gasteiger partial charge >= 0.3 is 0 Å². The first kappa shape index (κ1) is 17.9. The van der Waals surface area contributed by atoms with Gasteiger partial charge in [-0.2, -0.15) is 0 Å². The predicted molar refractivity (Wildman–Crippen MR) is 85.4 cm³/mol. The molecule has 1 N–H and O–H groups in total. The highest BCUT2D eigenvalue weighted by Gasteiger charge is 2.33. The molecule has 120 valence electrons. The van der Waals surface area contributed by atoms with Crippen LogP contribution in [0.3, 0.4) is 0 Å². The average Bonchev–Trinajstić information content (AvgIpc) is 2.38. The largest absolute Gasteiger partial charge is 0.315 e. The predicted octanol–water partition coefficient (Wildman–Crippen LogP) is 2.61. The molecule has 0 unspecified atom stereocenters. The van der Waals surface area contributed by atoms with Crippen LogP contribution >= 0.6 is 0 Å². The summed E-state index contributed by atoms with van der Waals surface area (Å²) in [5.74, 6) is 0.301. The first-order valence-electron chi connectivity index (χ1n) is 8.00. The van der Waals surface area contributed by atoms with E-state index >= 15 is 0 Å². The molecule has 0 bridgehead atoms. The Morgan fingerprint density at radius 3 is 2.30 bits per heavy atom. The molecule has 0 amide bonds. The third-order valence-corrected chi connectivity index (χ3v) is 6.51. The lowest BCUT2D eigenvalue weighted by Gasteiger charge is -2.38. The summed E-state index contributed by atoms with van der Waals surface area (Å²) in [5.41, 5.74) is 0.340. The summed E-state index contributed by atoms with van der Waals surface area (Å²) < 4.78 is 26.3. The third-order valence-electron chi connectivity index (χ3n) is 4.56. The Morgan fingerprint density at radius 1 is 1.20 bits per heavy atom. The Bertz CT molecular complexity index is 371. The number of nitrogens with one attached hydrogen (secondary N) is 1. The summed E-state index contributed by atoms with van der Waals surface area (Å²) in [7, 11) is -3.04. The lowest BCUT2D eigenvalue weighted by Crippen LogP contribution is -2.42. The second-order valence-corrected chi connectivity index (χ2v) is 8.78. The van der Waals surface area contributed by atoms with Crippen LogP contribution in [0.2, 0.25) is 0 Å². The number of sulfonamides is 1. The Kier molecular flexibility index (Phi) is 6.95. The zero-order chi connectivity index (χ0) is 15.2. The van der Waals surface area contributed by atoms with E-state index in [1.54, 1.807) is 4.31 Å². The van der Waals surface area contributed by atoms with Gasteiger partial charge in [-0.3, -0.25) is 0 Å². The summed E-state index contributed by atoms with van der Waals surface area (Å²) in [6, 6.07) is 0.473. The van der Waals surface area contributed by atoms with Gasteiger partial charge in [0.2, 0.25) is 10.0 Å². The maximum atomic E-state index is 12.3. The molecule has 1 rings (SSSR count). The minimum atomic E-state index is -3.04. The third kappa shape index (κ3) is 5.70. The number of rotatable bonds is 8. The van der Waals surface area contributed by atoms with Gasteiger partial charge in [-0.15, -0.1) is 0 Å². The van der Waals surface area contributed by atoms with Gasteiger partial charge in [0.1, 0.15) is 0 Å². The fourth-order valence-corrected chi connectivity index (χ4v) is 4.15. The van der Waals surface area contributed by atoms with Gasteiger partial charge in [-0.05, 0) is 37.6 Å². The smallest absolute Gasteiger partial charge is 0.214 e. The quantitative estimate of drug-likeness (QED) is 0.701. The van der Waals surface area contributed by atoms with E-state index in [9.17, 15) is 8.42 Å².